The number of likely N-dealkylation sites (N-methyl/N-ethyl adjacent to an activating group) is 1. The van der Waals surface area contributed by atoms with Crippen LogP contribution < -0.4 is 10.6 Å². The fourth-order valence-electron chi connectivity index (χ4n) is 4.37. The lowest BCUT2D eigenvalue weighted by Gasteiger charge is -2.18. The van der Waals surface area contributed by atoms with Gasteiger partial charge in [-0.05, 0) is 61.8 Å². The van der Waals surface area contributed by atoms with Gasteiger partial charge < -0.3 is 20.3 Å². The number of fused-ring (bicyclic) bond motifs is 1. The van der Waals surface area contributed by atoms with Gasteiger partial charge in [0.25, 0.3) is 5.91 Å². The van der Waals surface area contributed by atoms with Crippen molar-refractivity contribution in [1.29, 1.82) is 0 Å². The van der Waals surface area contributed by atoms with E-state index in [9.17, 15) is 9.59 Å². The average Bonchev–Trinajstić information content (AvgIpc) is 3.24. The number of amides is 1. The molecule has 36 heavy (non-hydrogen) atoms. The highest BCUT2D eigenvalue weighted by molar-refractivity contribution is 6.37. The first-order valence-electron chi connectivity index (χ1n) is 12.5. The zero-order valence-corrected chi connectivity index (χ0v) is 21.1. The quantitative estimate of drug-likeness (QED) is 0.287. The van der Waals surface area contributed by atoms with E-state index in [1.54, 1.807) is 25.1 Å². The van der Waals surface area contributed by atoms with E-state index in [1.165, 1.54) is 5.56 Å². The number of carbonyl (C=O) groups excluding carboxylic acids is 2. The van der Waals surface area contributed by atoms with Crippen LogP contribution in [0.3, 0.4) is 0 Å². The van der Waals surface area contributed by atoms with E-state index in [-0.39, 0.29) is 5.91 Å². The Labute approximate surface area is 213 Å². The van der Waals surface area contributed by atoms with E-state index in [1.807, 2.05) is 30.3 Å². The topological polar surface area (TPSA) is 70.7 Å². The van der Waals surface area contributed by atoms with Crippen LogP contribution in [0, 0.1) is 0 Å². The summed E-state index contributed by atoms with van der Waals surface area (Å²) >= 11 is 0. The molecule has 0 fully saturated rings. The third-order valence-corrected chi connectivity index (χ3v) is 6.42. The third kappa shape index (κ3) is 5.66. The predicted octanol–water partition coefficient (Wildman–Crippen LogP) is 5.68. The zero-order valence-electron chi connectivity index (χ0n) is 21.1. The van der Waals surface area contributed by atoms with Crippen molar-refractivity contribution >= 4 is 34.5 Å². The van der Waals surface area contributed by atoms with Crippen LogP contribution in [0.2, 0.25) is 0 Å². The number of ether oxygens (including phenoxy) is 1. The van der Waals surface area contributed by atoms with Gasteiger partial charge in [0, 0.05) is 17.8 Å². The molecule has 0 saturated carbocycles. The summed E-state index contributed by atoms with van der Waals surface area (Å²) in [7, 11) is 0. The van der Waals surface area contributed by atoms with Crippen molar-refractivity contribution in [2.24, 2.45) is 0 Å². The zero-order chi connectivity index (χ0) is 25.5. The largest absolute Gasteiger partial charge is 0.462 e. The van der Waals surface area contributed by atoms with Crippen molar-refractivity contribution in [2.75, 3.05) is 36.9 Å². The molecule has 6 heteroatoms. The van der Waals surface area contributed by atoms with E-state index in [0.29, 0.717) is 29.1 Å². The SMILES string of the molecule is CCOC(=O)c1ccc2c(c1)NC(=O)/C2=C(\Nc1ccc(CCN(CC)CC)cc1)c1ccccc1. The standard InChI is InChI=1S/C30H33N3O3/c1-4-33(5-2)19-18-21-12-15-24(16-13-21)31-28(22-10-8-7-9-11-22)27-25-17-14-23(30(35)36-6-3)20-26(25)32-29(27)34/h7-17,20,31H,4-6,18-19H2,1-3H3,(H,32,34)/b28-27-. The monoisotopic (exact) mass is 483 g/mol. The van der Waals surface area contributed by atoms with Crippen molar-refractivity contribution in [1.82, 2.24) is 4.90 Å². The molecule has 0 radical (unpaired) electrons. The minimum absolute atomic E-state index is 0.215. The number of hydrogen-bond acceptors (Lipinski definition) is 5. The summed E-state index contributed by atoms with van der Waals surface area (Å²) in [4.78, 5) is 27.8. The fraction of sp³-hybridized carbons (Fsp3) is 0.267. The molecule has 1 amide bonds. The smallest absolute Gasteiger partial charge is 0.338 e. The van der Waals surface area contributed by atoms with Gasteiger partial charge in [-0.1, -0.05) is 62.4 Å². The molecule has 3 aromatic carbocycles. The van der Waals surface area contributed by atoms with Gasteiger partial charge in [0.1, 0.15) is 0 Å². The maximum absolute atomic E-state index is 13.2. The average molecular weight is 484 g/mol. The Balaban J connectivity index is 1.66. The molecule has 0 saturated heterocycles. The summed E-state index contributed by atoms with van der Waals surface area (Å²) < 4.78 is 5.11. The van der Waals surface area contributed by atoms with E-state index < -0.39 is 5.97 Å². The van der Waals surface area contributed by atoms with Crippen molar-refractivity contribution < 1.29 is 14.3 Å². The van der Waals surface area contributed by atoms with E-state index in [2.05, 4.69) is 53.6 Å². The van der Waals surface area contributed by atoms with Crippen LogP contribution in [0.25, 0.3) is 11.3 Å². The maximum atomic E-state index is 13.2. The summed E-state index contributed by atoms with van der Waals surface area (Å²) in [5.74, 6) is -0.623. The molecule has 186 valence electrons. The van der Waals surface area contributed by atoms with E-state index in [0.717, 1.165) is 42.9 Å². The van der Waals surface area contributed by atoms with Crippen LogP contribution in [0.1, 0.15) is 47.8 Å². The summed E-state index contributed by atoms with van der Waals surface area (Å²) in [5, 5.41) is 6.42. The van der Waals surface area contributed by atoms with Crippen LogP contribution in [-0.4, -0.2) is 43.0 Å². The Kier molecular flexibility index (Phi) is 8.18. The lowest BCUT2D eigenvalue weighted by Crippen LogP contribution is -2.25. The molecule has 6 nitrogen and oxygen atoms in total. The van der Waals surface area contributed by atoms with Crippen LogP contribution in [0.5, 0.6) is 0 Å². The van der Waals surface area contributed by atoms with Crippen molar-refractivity contribution in [3.8, 4) is 0 Å². The molecule has 3 aromatic rings. The molecule has 0 spiro atoms. The number of rotatable bonds is 10. The van der Waals surface area contributed by atoms with E-state index in [4.69, 9.17) is 4.74 Å². The number of anilines is 2. The highest BCUT2D eigenvalue weighted by Crippen LogP contribution is 2.38. The van der Waals surface area contributed by atoms with Gasteiger partial charge >= 0.3 is 5.97 Å². The molecule has 0 atom stereocenters. The molecule has 0 bridgehead atoms. The number of esters is 1. The van der Waals surface area contributed by atoms with Crippen molar-refractivity contribution in [2.45, 2.75) is 27.2 Å². The predicted molar refractivity (Wildman–Crippen MR) is 146 cm³/mol. The van der Waals surface area contributed by atoms with Crippen LogP contribution in [0.15, 0.2) is 72.8 Å². The molecule has 0 unspecified atom stereocenters. The van der Waals surface area contributed by atoms with Gasteiger partial charge in [-0.3, -0.25) is 4.79 Å². The number of carbonyl (C=O) groups is 2. The normalized spacial score (nSPS) is 13.8. The van der Waals surface area contributed by atoms with Gasteiger partial charge in [-0.25, -0.2) is 4.79 Å². The van der Waals surface area contributed by atoms with Gasteiger partial charge in [-0.15, -0.1) is 0 Å². The van der Waals surface area contributed by atoms with Crippen LogP contribution in [-0.2, 0) is 16.0 Å². The van der Waals surface area contributed by atoms with Gasteiger partial charge in [-0.2, -0.15) is 0 Å². The summed E-state index contributed by atoms with van der Waals surface area (Å²) in [6.45, 7) is 9.56. The Morgan fingerprint density at radius 2 is 1.64 bits per heavy atom. The molecule has 1 aliphatic rings. The van der Waals surface area contributed by atoms with E-state index >= 15 is 0 Å². The highest BCUT2D eigenvalue weighted by atomic mass is 16.5. The Hall–Kier alpha value is -3.90. The fourth-order valence-corrected chi connectivity index (χ4v) is 4.37. The molecule has 1 heterocycles. The Bertz CT molecular complexity index is 1250. The second kappa shape index (κ2) is 11.7. The third-order valence-electron chi connectivity index (χ3n) is 6.42. The van der Waals surface area contributed by atoms with Crippen LogP contribution >= 0.6 is 0 Å². The van der Waals surface area contributed by atoms with Gasteiger partial charge in [0.15, 0.2) is 0 Å². The number of hydrogen-bond donors (Lipinski definition) is 2. The first-order chi connectivity index (χ1) is 17.5. The second-order valence-electron chi connectivity index (χ2n) is 8.65. The van der Waals surface area contributed by atoms with Crippen molar-refractivity contribution in [3.63, 3.8) is 0 Å². The second-order valence-corrected chi connectivity index (χ2v) is 8.65. The minimum Gasteiger partial charge on any atom is -0.462 e. The molecule has 0 aromatic heterocycles. The lowest BCUT2D eigenvalue weighted by atomic mass is 9.99. The summed E-state index contributed by atoms with van der Waals surface area (Å²) in [6.07, 6.45) is 0.993. The first kappa shape index (κ1) is 25.2. The molecule has 2 N–H and O–H groups in total. The number of nitrogens with zero attached hydrogens (tertiary/aromatic N) is 1. The first-order valence-corrected chi connectivity index (χ1v) is 12.5. The summed E-state index contributed by atoms with van der Waals surface area (Å²) in [5.41, 5.74) is 6.08. The molecule has 0 aliphatic carbocycles. The number of nitrogens with one attached hydrogen (secondary N) is 2. The number of benzene rings is 3. The maximum Gasteiger partial charge on any atom is 0.338 e. The minimum atomic E-state index is -0.408. The van der Waals surface area contributed by atoms with Gasteiger partial charge in [0.05, 0.1) is 29.1 Å². The molecular weight excluding hydrogens is 450 g/mol. The molecule has 4 rings (SSSR count). The summed E-state index contributed by atoms with van der Waals surface area (Å²) in [6, 6.07) is 23.4. The highest BCUT2D eigenvalue weighted by Gasteiger charge is 2.29. The van der Waals surface area contributed by atoms with Gasteiger partial charge in [0.2, 0.25) is 0 Å². The molecular formula is C30H33N3O3. The molecule has 1 aliphatic heterocycles. The Morgan fingerprint density at radius 1 is 0.917 bits per heavy atom. The van der Waals surface area contributed by atoms with Crippen LogP contribution in [0.4, 0.5) is 11.4 Å². The van der Waals surface area contributed by atoms with Crippen molar-refractivity contribution in [3.05, 3.63) is 95.1 Å². The lowest BCUT2D eigenvalue weighted by molar-refractivity contribution is -0.110. The Morgan fingerprint density at radius 3 is 2.31 bits per heavy atom.